The van der Waals surface area contributed by atoms with Gasteiger partial charge in [-0.15, -0.1) is 0 Å². The van der Waals surface area contributed by atoms with Gasteiger partial charge in [-0.25, -0.2) is 0 Å². The van der Waals surface area contributed by atoms with Gasteiger partial charge in [0.1, 0.15) is 0 Å². The molecule has 1 aliphatic heterocycles. The number of ether oxygens (including phenoxy) is 1. The highest BCUT2D eigenvalue weighted by molar-refractivity contribution is 4.83. The molecule has 4 heteroatoms. The molecular weight excluding hydrogens is 190 g/mol. The molecule has 0 atom stereocenters. The molecule has 15 heavy (non-hydrogen) atoms. The van der Waals surface area contributed by atoms with E-state index in [1.54, 1.807) is 0 Å². The van der Waals surface area contributed by atoms with E-state index in [0.29, 0.717) is 12.1 Å². The maximum atomic E-state index is 5.74. The normalized spacial score (nSPS) is 34.0. The second-order valence-electron chi connectivity index (χ2n) is 4.87. The molecule has 0 unspecified atom stereocenters. The van der Waals surface area contributed by atoms with Crippen molar-refractivity contribution in [2.45, 2.75) is 25.0 Å². The molecule has 0 bridgehead atoms. The fourth-order valence-corrected chi connectivity index (χ4v) is 2.16. The number of hydrogen-bond acceptors (Lipinski definition) is 4. The molecule has 0 radical (unpaired) electrons. The number of rotatable bonds is 4. The Labute approximate surface area is 92.4 Å². The number of likely N-dealkylation sites (N-methyl/N-ethyl adjacent to an activating group) is 1. The van der Waals surface area contributed by atoms with Gasteiger partial charge in [-0.05, 0) is 19.9 Å². The van der Waals surface area contributed by atoms with Crippen LogP contribution in [-0.4, -0.2) is 68.3 Å². The number of piperazine rings is 1. The molecule has 2 aliphatic rings. The lowest BCUT2D eigenvalue weighted by atomic mass is 9.90. The average Bonchev–Trinajstić information content (AvgIpc) is 2.18. The van der Waals surface area contributed by atoms with E-state index in [2.05, 4.69) is 16.8 Å². The van der Waals surface area contributed by atoms with Gasteiger partial charge in [0.2, 0.25) is 0 Å². The zero-order valence-corrected chi connectivity index (χ0v) is 9.69. The minimum atomic E-state index is 0.402. The van der Waals surface area contributed by atoms with Crippen LogP contribution in [0.2, 0.25) is 0 Å². The van der Waals surface area contributed by atoms with Crippen molar-refractivity contribution in [2.24, 2.45) is 5.73 Å². The minimum absolute atomic E-state index is 0.402. The van der Waals surface area contributed by atoms with Crippen molar-refractivity contribution in [1.29, 1.82) is 0 Å². The summed E-state index contributed by atoms with van der Waals surface area (Å²) in [6, 6.07) is 0.402. The van der Waals surface area contributed by atoms with Gasteiger partial charge < -0.3 is 15.4 Å². The molecule has 0 aromatic carbocycles. The standard InChI is InChI=1S/C11H23N3O/c1-13-2-4-14(5-3-13)6-7-15-11-8-10(12)9-11/h10-11H,2-9,12H2,1H3. The first kappa shape index (κ1) is 11.3. The van der Waals surface area contributed by atoms with E-state index in [1.807, 2.05) is 0 Å². The van der Waals surface area contributed by atoms with E-state index in [1.165, 1.54) is 26.2 Å². The summed E-state index contributed by atoms with van der Waals surface area (Å²) in [5, 5.41) is 0. The van der Waals surface area contributed by atoms with Crippen LogP contribution in [0.25, 0.3) is 0 Å². The van der Waals surface area contributed by atoms with Gasteiger partial charge in [-0.1, -0.05) is 0 Å². The maximum Gasteiger partial charge on any atom is 0.0605 e. The molecule has 0 aromatic rings. The van der Waals surface area contributed by atoms with Crippen LogP contribution in [0.15, 0.2) is 0 Å². The van der Waals surface area contributed by atoms with E-state index in [4.69, 9.17) is 10.5 Å². The first-order valence-corrected chi connectivity index (χ1v) is 6.02. The minimum Gasteiger partial charge on any atom is -0.377 e. The van der Waals surface area contributed by atoms with Crippen LogP contribution in [0, 0.1) is 0 Å². The van der Waals surface area contributed by atoms with Crippen LogP contribution in [0.5, 0.6) is 0 Å². The summed E-state index contributed by atoms with van der Waals surface area (Å²) in [4.78, 5) is 4.86. The smallest absolute Gasteiger partial charge is 0.0605 e. The molecule has 0 aromatic heterocycles. The first-order valence-electron chi connectivity index (χ1n) is 6.02. The highest BCUT2D eigenvalue weighted by atomic mass is 16.5. The number of hydrogen-bond donors (Lipinski definition) is 1. The molecule has 2 rings (SSSR count). The van der Waals surface area contributed by atoms with Gasteiger partial charge >= 0.3 is 0 Å². The fourth-order valence-electron chi connectivity index (χ4n) is 2.16. The Balaban J connectivity index is 1.51. The van der Waals surface area contributed by atoms with E-state index in [0.717, 1.165) is 26.0 Å². The summed E-state index contributed by atoms with van der Waals surface area (Å²) < 4.78 is 5.74. The lowest BCUT2D eigenvalue weighted by Crippen LogP contribution is -2.46. The largest absolute Gasteiger partial charge is 0.377 e. The molecule has 1 saturated heterocycles. The van der Waals surface area contributed by atoms with Crippen molar-refractivity contribution in [2.75, 3.05) is 46.4 Å². The number of nitrogens with zero attached hydrogens (tertiary/aromatic N) is 2. The van der Waals surface area contributed by atoms with Crippen molar-refractivity contribution in [3.63, 3.8) is 0 Å². The maximum absolute atomic E-state index is 5.74. The fraction of sp³-hybridized carbons (Fsp3) is 1.00. The third kappa shape index (κ3) is 3.41. The molecule has 4 nitrogen and oxygen atoms in total. The Morgan fingerprint density at radius 3 is 2.47 bits per heavy atom. The highest BCUT2D eigenvalue weighted by Gasteiger charge is 2.26. The van der Waals surface area contributed by atoms with Crippen LogP contribution in [0.3, 0.4) is 0 Å². The average molecular weight is 213 g/mol. The molecular formula is C11H23N3O. The number of nitrogens with two attached hydrogens (primary N) is 1. The second-order valence-corrected chi connectivity index (χ2v) is 4.87. The van der Waals surface area contributed by atoms with E-state index in [9.17, 15) is 0 Å². The van der Waals surface area contributed by atoms with Crippen molar-refractivity contribution in [3.05, 3.63) is 0 Å². The zero-order chi connectivity index (χ0) is 10.7. The Bertz CT molecular complexity index is 186. The Morgan fingerprint density at radius 2 is 1.87 bits per heavy atom. The molecule has 1 heterocycles. The molecule has 0 spiro atoms. The lowest BCUT2D eigenvalue weighted by Gasteiger charge is -2.35. The van der Waals surface area contributed by atoms with Crippen LogP contribution in [0.4, 0.5) is 0 Å². The van der Waals surface area contributed by atoms with Gasteiger partial charge in [-0.3, -0.25) is 4.90 Å². The molecule has 0 amide bonds. The summed E-state index contributed by atoms with van der Waals surface area (Å²) in [6.45, 7) is 6.71. The van der Waals surface area contributed by atoms with Gasteiger partial charge in [-0.2, -0.15) is 0 Å². The van der Waals surface area contributed by atoms with E-state index in [-0.39, 0.29) is 0 Å². The summed E-state index contributed by atoms with van der Waals surface area (Å²) in [5.41, 5.74) is 5.70. The predicted molar refractivity (Wildman–Crippen MR) is 60.9 cm³/mol. The van der Waals surface area contributed by atoms with Crippen LogP contribution in [0.1, 0.15) is 12.8 Å². The lowest BCUT2D eigenvalue weighted by molar-refractivity contribution is -0.0202. The van der Waals surface area contributed by atoms with Gasteiger partial charge in [0.25, 0.3) is 0 Å². The molecule has 88 valence electrons. The topological polar surface area (TPSA) is 41.7 Å². The monoisotopic (exact) mass is 213 g/mol. The predicted octanol–water partition coefficient (Wildman–Crippen LogP) is -0.260. The third-order valence-electron chi connectivity index (χ3n) is 3.49. The summed E-state index contributed by atoms with van der Waals surface area (Å²) in [5.74, 6) is 0. The van der Waals surface area contributed by atoms with Gasteiger partial charge in [0.05, 0.1) is 12.7 Å². The van der Waals surface area contributed by atoms with Crippen LogP contribution < -0.4 is 5.73 Å². The summed E-state index contributed by atoms with van der Waals surface area (Å²) in [6.07, 6.45) is 2.57. The SMILES string of the molecule is CN1CCN(CCOC2CC(N)C2)CC1. The van der Waals surface area contributed by atoms with Crippen molar-refractivity contribution < 1.29 is 4.74 Å². The summed E-state index contributed by atoms with van der Waals surface area (Å²) >= 11 is 0. The summed E-state index contributed by atoms with van der Waals surface area (Å²) in [7, 11) is 2.18. The quantitative estimate of drug-likeness (QED) is 0.698. The second kappa shape index (κ2) is 5.25. The zero-order valence-electron chi connectivity index (χ0n) is 9.69. The van der Waals surface area contributed by atoms with Gasteiger partial charge in [0, 0.05) is 38.8 Å². The van der Waals surface area contributed by atoms with Gasteiger partial charge in [0.15, 0.2) is 0 Å². The Morgan fingerprint density at radius 1 is 1.20 bits per heavy atom. The van der Waals surface area contributed by atoms with Crippen LogP contribution in [-0.2, 0) is 4.74 Å². The van der Waals surface area contributed by atoms with E-state index >= 15 is 0 Å². The third-order valence-corrected chi connectivity index (χ3v) is 3.49. The van der Waals surface area contributed by atoms with Crippen molar-refractivity contribution in [3.8, 4) is 0 Å². The highest BCUT2D eigenvalue weighted by Crippen LogP contribution is 2.20. The molecule has 2 fully saturated rings. The van der Waals surface area contributed by atoms with Crippen LogP contribution >= 0.6 is 0 Å². The molecule has 1 aliphatic carbocycles. The van der Waals surface area contributed by atoms with E-state index < -0.39 is 0 Å². The Hall–Kier alpha value is -0.160. The molecule has 1 saturated carbocycles. The molecule has 2 N–H and O–H groups in total. The Kier molecular flexibility index (Phi) is 3.97. The first-order chi connectivity index (χ1) is 7.24. The van der Waals surface area contributed by atoms with Crippen molar-refractivity contribution >= 4 is 0 Å². The van der Waals surface area contributed by atoms with Crippen molar-refractivity contribution in [1.82, 2.24) is 9.80 Å².